The molecule has 0 aromatic carbocycles. The Balaban J connectivity index is 3.60. The molecule has 0 saturated carbocycles. The van der Waals surface area contributed by atoms with Gasteiger partial charge in [-0.3, -0.25) is 0 Å². The van der Waals surface area contributed by atoms with E-state index in [0.717, 1.165) is 0 Å². The minimum absolute atomic E-state index is 0.452. The number of hydrogen-bond donors (Lipinski definition) is 2. The summed E-state index contributed by atoms with van der Waals surface area (Å²) in [4.78, 5) is 1.80. The fraction of sp³-hybridized carbons (Fsp3) is 0.714. The van der Waals surface area contributed by atoms with Gasteiger partial charge in [0.05, 0.1) is 12.2 Å². The van der Waals surface area contributed by atoms with Gasteiger partial charge in [-0.05, 0) is 14.1 Å². The molecule has 0 aromatic heterocycles. The van der Waals surface area contributed by atoms with E-state index in [9.17, 15) is 0 Å². The maximum absolute atomic E-state index is 9.13. The van der Waals surface area contributed by atoms with Crippen LogP contribution in [0.2, 0.25) is 0 Å². The first-order valence-electron chi connectivity index (χ1n) is 3.21. The summed E-state index contributed by atoms with van der Waals surface area (Å²) < 4.78 is 0. The SMILES string of the molecule is C=C[C@H](O)[C@H](O)CN(C)C. The Labute approximate surface area is 61.6 Å². The lowest BCUT2D eigenvalue weighted by Crippen LogP contribution is -2.34. The maximum atomic E-state index is 9.13. The van der Waals surface area contributed by atoms with Gasteiger partial charge in [-0.1, -0.05) is 6.08 Å². The Morgan fingerprint density at radius 1 is 1.50 bits per heavy atom. The second-order valence-corrected chi connectivity index (χ2v) is 2.56. The molecule has 0 bridgehead atoms. The Kier molecular flexibility index (Phi) is 4.27. The van der Waals surface area contributed by atoms with Crippen molar-refractivity contribution in [3.8, 4) is 0 Å². The predicted octanol–water partition coefficient (Wildman–Crippen LogP) is -0.544. The molecule has 0 fully saturated rings. The van der Waals surface area contributed by atoms with Crippen LogP contribution in [-0.2, 0) is 0 Å². The van der Waals surface area contributed by atoms with Crippen molar-refractivity contribution in [1.29, 1.82) is 0 Å². The van der Waals surface area contributed by atoms with Crippen LogP contribution in [-0.4, -0.2) is 48.0 Å². The van der Waals surface area contributed by atoms with E-state index in [4.69, 9.17) is 10.2 Å². The third-order valence-electron chi connectivity index (χ3n) is 1.19. The summed E-state index contributed by atoms with van der Waals surface area (Å²) in [5.41, 5.74) is 0. The highest BCUT2D eigenvalue weighted by Gasteiger charge is 2.12. The lowest BCUT2D eigenvalue weighted by molar-refractivity contribution is 0.0321. The van der Waals surface area contributed by atoms with E-state index in [1.807, 2.05) is 14.1 Å². The van der Waals surface area contributed by atoms with E-state index in [1.165, 1.54) is 6.08 Å². The quantitative estimate of drug-likeness (QED) is 0.522. The highest BCUT2D eigenvalue weighted by molar-refractivity contribution is 4.84. The number of rotatable bonds is 4. The molecule has 0 rings (SSSR count). The summed E-state index contributed by atoms with van der Waals surface area (Å²) in [6.07, 6.45) is -0.219. The summed E-state index contributed by atoms with van der Waals surface area (Å²) in [6.45, 7) is 3.81. The van der Waals surface area contributed by atoms with Gasteiger partial charge in [0.1, 0.15) is 0 Å². The van der Waals surface area contributed by atoms with E-state index in [-0.39, 0.29) is 0 Å². The third-order valence-corrected chi connectivity index (χ3v) is 1.19. The smallest absolute Gasteiger partial charge is 0.0989 e. The van der Waals surface area contributed by atoms with Crippen LogP contribution >= 0.6 is 0 Å². The monoisotopic (exact) mass is 145 g/mol. The highest BCUT2D eigenvalue weighted by atomic mass is 16.3. The van der Waals surface area contributed by atoms with Gasteiger partial charge >= 0.3 is 0 Å². The molecule has 0 aromatic rings. The molecule has 0 spiro atoms. The zero-order valence-electron chi connectivity index (χ0n) is 6.49. The zero-order valence-corrected chi connectivity index (χ0v) is 6.49. The Bertz CT molecular complexity index is 104. The van der Waals surface area contributed by atoms with E-state index in [0.29, 0.717) is 6.54 Å². The molecule has 2 atom stereocenters. The number of aliphatic hydroxyl groups is 2. The molecule has 2 N–H and O–H groups in total. The average molecular weight is 145 g/mol. The van der Waals surface area contributed by atoms with Gasteiger partial charge < -0.3 is 15.1 Å². The van der Waals surface area contributed by atoms with Gasteiger partial charge in [-0.2, -0.15) is 0 Å². The molecule has 0 amide bonds. The summed E-state index contributed by atoms with van der Waals surface area (Å²) in [5.74, 6) is 0. The molecule has 0 aliphatic heterocycles. The second-order valence-electron chi connectivity index (χ2n) is 2.56. The molecule has 0 radical (unpaired) electrons. The van der Waals surface area contributed by atoms with Crippen molar-refractivity contribution in [2.24, 2.45) is 0 Å². The van der Waals surface area contributed by atoms with Gasteiger partial charge in [-0.25, -0.2) is 0 Å². The summed E-state index contributed by atoms with van der Waals surface area (Å²) in [6, 6.07) is 0. The normalized spacial score (nSPS) is 16.9. The van der Waals surface area contributed by atoms with Crippen LogP contribution in [0.4, 0.5) is 0 Å². The highest BCUT2D eigenvalue weighted by Crippen LogP contribution is 1.94. The number of nitrogens with zero attached hydrogens (tertiary/aromatic N) is 1. The van der Waals surface area contributed by atoms with E-state index >= 15 is 0 Å². The van der Waals surface area contributed by atoms with Crippen molar-refractivity contribution in [3.63, 3.8) is 0 Å². The Morgan fingerprint density at radius 3 is 2.30 bits per heavy atom. The second kappa shape index (κ2) is 4.44. The molecule has 0 saturated heterocycles. The number of hydrogen-bond acceptors (Lipinski definition) is 3. The largest absolute Gasteiger partial charge is 0.389 e. The van der Waals surface area contributed by atoms with Crippen molar-refractivity contribution in [2.75, 3.05) is 20.6 Å². The van der Waals surface area contributed by atoms with E-state index in [2.05, 4.69) is 6.58 Å². The molecule has 0 aliphatic carbocycles. The molecule has 10 heavy (non-hydrogen) atoms. The topological polar surface area (TPSA) is 43.7 Å². The van der Waals surface area contributed by atoms with Crippen LogP contribution < -0.4 is 0 Å². The van der Waals surface area contributed by atoms with Gasteiger partial charge in [0, 0.05) is 6.54 Å². The zero-order chi connectivity index (χ0) is 8.15. The van der Waals surface area contributed by atoms with Crippen LogP contribution in [0, 0.1) is 0 Å². The van der Waals surface area contributed by atoms with Gasteiger partial charge in [-0.15, -0.1) is 6.58 Å². The van der Waals surface area contributed by atoms with E-state index < -0.39 is 12.2 Å². The lowest BCUT2D eigenvalue weighted by Gasteiger charge is -2.18. The molecule has 0 unspecified atom stereocenters. The minimum Gasteiger partial charge on any atom is -0.389 e. The Hall–Kier alpha value is -0.380. The number of likely N-dealkylation sites (N-methyl/N-ethyl adjacent to an activating group) is 1. The van der Waals surface area contributed by atoms with E-state index in [1.54, 1.807) is 4.90 Å². The summed E-state index contributed by atoms with van der Waals surface area (Å²) in [7, 11) is 3.66. The van der Waals surface area contributed by atoms with Crippen molar-refractivity contribution < 1.29 is 10.2 Å². The molecular formula is C7H15NO2. The lowest BCUT2D eigenvalue weighted by atomic mass is 10.2. The Morgan fingerprint density at radius 2 is 2.00 bits per heavy atom. The third kappa shape index (κ3) is 3.61. The van der Waals surface area contributed by atoms with Crippen LogP contribution in [0.15, 0.2) is 12.7 Å². The fourth-order valence-electron chi connectivity index (χ4n) is 0.639. The predicted molar refractivity (Wildman–Crippen MR) is 40.8 cm³/mol. The maximum Gasteiger partial charge on any atom is 0.0989 e. The van der Waals surface area contributed by atoms with Gasteiger partial charge in [0.15, 0.2) is 0 Å². The van der Waals surface area contributed by atoms with Crippen LogP contribution in [0.3, 0.4) is 0 Å². The standard InChI is InChI=1S/C7H15NO2/c1-4-6(9)7(10)5-8(2)3/h4,6-7,9-10H,1,5H2,2-3H3/t6-,7+/m0/s1. The molecular weight excluding hydrogens is 130 g/mol. The van der Waals surface area contributed by atoms with Crippen LogP contribution in [0.25, 0.3) is 0 Å². The first kappa shape index (κ1) is 9.62. The summed E-state index contributed by atoms with van der Waals surface area (Å²) in [5, 5.41) is 18.1. The summed E-state index contributed by atoms with van der Waals surface area (Å²) >= 11 is 0. The molecule has 3 heteroatoms. The molecule has 60 valence electrons. The first-order chi connectivity index (χ1) is 4.57. The fourth-order valence-corrected chi connectivity index (χ4v) is 0.639. The van der Waals surface area contributed by atoms with Crippen molar-refractivity contribution >= 4 is 0 Å². The molecule has 0 aliphatic rings. The first-order valence-corrected chi connectivity index (χ1v) is 3.21. The van der Waals surface area contributed by atoms with Crippen molar-refractivity contribution in [1.82, 2.24) is 4.90 Å². The number of aliphatic hydroxyl groups excluding tert-OH is 2. The molecule has 0 heterocycles. The van der Waals surface area contributed by atoms with Crippen molar-refractivity contribution in [2.45, 2.75) is 12.2 Å². The van der Waals surface area contributed by atoms with Gasteiger partial charge in [0.2, 0.25) is 0 Å². The van der Waals surface area contributed by atoms with Crippen LogP contribution in [0.1, 0.15) is 0 Å². The van der Waals surface area contributed by atoms with Gasteiger partial charge in [0.25, 0.3) is 0 Å². The average Bonchev–Trinajstić information content (AvgIpc) is 1.85. The van der Waals surface area contributed by atoms with Crippen LogP contribution in [0.5, 0.6) is 0 Å². The molecule has 3 nitrogen and oxygen atoms in total. The van der Waals surface area contributed by atoms with Crippen molar-refractivity contribution in [3.05, 3.63) is 12.7 Å². The minimum atomic E-state index is -0.817.